The lowest BCUT2D eigenvalue weighted by Gasteiger charge is -2.20. The summed E-state index contributed by atoms with van der Waals surface area (Å²) in [7, 11) is 0. The Morgan fingerprint density at radius 2 is 1.96 bits per heavy atom. The first-order valence-corrected chi connectivity index (χ1v) is 8.15. The molecular formula is C19H16ClN5. The monoisotopic (exact) mass is 349 g/mol. The van der Waals surface area contributed by atoms with Gasteiger partial charge in [0.05, 0.1) is 17.4 Å². The molecule has 0 saturated heterocycles. The maximum absolute atomic E-state index is 9.53. The number of hydrogen-bond acceptors (Lipinski definition) is 5. The van der Waals surface area contributed by atoms with Crippen molar-refractivity contribution < 1.29 is 0 Å². The summed E-state index contributed by atoms with van der Waals surface area (Å²) < 4.78 is 0. The van der Waals surface area contributed by atoms with Gasteiger partial charge in [0.25, 0.3) is 0 Å². The van der Waals surface area contributed by atoms with Crippen LogP contribution in [0.3, 0.4) is 0 Å². The average molecular weight is 350 g/mol. The number of nitrogens with one attached hydrogen (secondary N) is 1. The van der Waals surface area contributed by atoms with Gasteiger partial charge in [-0.05, 0) is 49.2 Å². The molecule has 2 heterocycles. The molecule has 1 N–H and O–H groups in total. The van der Waals surface area contributed by atoms with Gasteiger partial charge >= 0.3 is 0 Å². The number of halogens is 1. The van der Waals surface area contributed by atoms with E-state index in [9.17, 15) is 5.26 Å². The Labute approximate surface area is 151 Å². The van der Waals surface area contributed by atoms with E-state index in [2.05, 4.69) is 26.6 Å². The second-order valence-corrected chi connectivity index (χ2v) is 6.07. The molecule has 0 aliphatic carbocycles. The lowest BCUT2D eigenvalue weighted by atomic mass is 10.0. The third-order valence-electron chi connectivity index (χ3n) is 4.01. The highest BCUT2D eigenvalue weighted by Gasteiger charge is 2.19. The lowest BCUT2D eigenvalue weighted by Crippen LogP contribution is -2.17. The Morgan fingerprint density at radius 1 is 1.12 bits per heavy atom. The molecule has 0 spiro atoms. The number of nitriles is 1. The summed E-state index contributed by atoms with van der Waals surface area (Å²) in [6.07, 6.45) is 1.73. The number of nitrogens with zero attached hydrogens (tertiary/aromatic N) is 4. The van der Waals surface area contributed by atoms with Crippen LogP contribution >= 0.6 is 11.6 Å². The molecule has 0 saturated carbocycles. The van der Waals surface area contributed by atoms with Crippen molar-refractivity contribution >= 4 is 17.4 Å². The Hall–Kier alpha value is -2.97. The summed E-state index contributed by atoms with van der Waals surface area (Å²) in [5.74, 6) is 0.432. The fourth-order valence-electron chi connectivity index (χ4n) is 2.54. The molecule has 0 aliphatic rings. The van der Waals surface area contributed by atoms with Crippen molar-refractivity contribution in [2.75, 3.05) is 5.32 Å². The maximum Gasteiger partial charge on any atom is 0.167 e. The quantitative estimate of drug-likeness (QED) is 0.763. The van der Waals surface area contributed by atoms with Gasteiger partial charge in [-0.15, -0.1) is 5.10 Å². The summed E-state index contributed by atoms with van der Waals surface area (Å²) in [5.41, 5.74) is 3.75. The van der Waals surface area contributed by atoms with E-state index in [0.717, 1.165) is 22.5 Å². The third kappa shape index (κ3) is 3.59. The zero-order valence-electron chi connectivity index (χ0n) is 13.9. The van der Waals surface area contributed by atoms with Gasteiger partial charge in [0.15, 0.2) is 5.82 Å². The fourth-order valence-corrected chi connectivity index (χ4v) is 2.74. The van der Waals surface area contributed by atoms with Gasteiger partial charge in [-0.25, -0.2) is 0 Å². The predicted molar refractivity (Wildman–Crippen MR) is 97.4 cm³/mol. The van der Waals surface area contributed by atoms with Crippen LogP contribution < -0.4 is 5.32 Å². The van der Waals surface area contributed by atoms with Crippen LogP contribution in [-0.4, -0.2) is 15.2 Å². The highest BCUT2D eigenvalue weighted by Crippen LogP contribution is 2.28. The molecule has 3 rings (SSSR count). The van der Waals surface area contributed by atoms with Crippen LogP contribution in [0.4, 0.5) is 5.82 Å². The molecule has 0 fully saturated rings. The lowest BCUT2D eigenvalue weighted by molar-refractivity contribution is 0.855. The summed E-state index contributed by atoms with van der Waals surface area (Å²) in [5, 5.41) is 21.8. The molecule has 1 aromatic carbocycles. The molecule has 1 unspecified atom stereocenters. The average Bonchev–Trinajstić information content (AvgIpc) is 2.63. The molecule has 0 amide bonds. The molecular weight excluding hydrogens is 334 g/mol. The molecule has 1 atom stereocenters. The second-order valence-electron chi connectivity index (χ2n) is 5.63. The highest BCUT2D eigenvalue weighted by molar-refractivity contribution is 6.30. The van der Waals surface area contributed by atoms with E-state index < -0.39 is 0 Å². The van der Waals surface area contributed by atoms with Crippen molar-refractivity contribution in [3.05, 3.63) is 81.8 Å². The molecule has 5 nitrogen and oxygen atoms in total. The number of pyridine rings is 1. The molecule has 0 bridgehead atoms. The highest BCUT2D eigenvalue weighted by atomic mass is 35.5. The van der Waals surface area contributed by atoms with Crippen LogP contribution in [0, 0.1) is 25.2 Å². The first-order valence-electron chi connectivity index (χ1n) is 7.77. The number of aromatic nitrogens is 3. The van der Waals surface area contributed by atoms with Crippen molar-refractivity contribution in [1.29, 1.82) is 5.26 Å². The van der Waals surface area contributed by atoms with Crippen molar-refractivity contribution in [3.63, 3.8) is 0 Å². The minimum Gasteiger partial charge on any atom is -0.355 e. The van der Waals surface area contributed by atoms with E-state index in [-0.39, 0.29) is 6.04 Å². The molecule has 2 aromatic heterocycles. The molecule has 25 heavy (non-hydrogen) atoms. The number of rotatable bonds is 4. The van der Waals surface area contributed by atoms with Gasteiger partial charge in [-0.1, -0.05) is 29.8 Å². The first kappa shape index (κ1) is 16.9. The van der Waals surface area contributed by atoms with E-state index in [0.29, 0.717) is 16.4 Å². The molecule has 0 radical (unpaired) electrons. The van der Waals surface area contributed by atoms with Crippen molar-refractivity contribution in [2.24, 2.45) is 0 Å². The zero-order valence-corrected chi connectivity index (χ0v) is 14.6. The number of aryl methyl sites for hydroxylation is 1. The van der Waals surface area contributed by atoms with Gasteiger partial charge in [-0.2, -0.15) is 10.4 Å². The fraction of sp³-hybridized carbons (Fsp3) is 0.158. The van der Waals surface area contributed by atoms with Crippen LogP contribution in [0.2, 0.25) is 5.02 Å². The second kappa shape index (κ2) is 7.29. The summed E-state index contributed by atoms with van der Waals surface area (Å²) in [4.78, 5) is 4.44. The topological polar surface area (TPSA) is 74.5 Å². The van der Waals surface area contributed by atoms with E-state index in [1.807, 2.05) is 56.3 Å². The first-order chi connectivity index (χ1) is 12.1. The Morgan fingerprint density at radius 3 is 2.64 bits per heavy atom. The van der Waals surface area contributed by atoms with Crippen molar-refractivity contribution in [2.45, 2.75) is 19.9 Å². The van der Waals surface area contributed by atoms with Gasteiger partial charge in [0.2, 0.25) is 0 Å². The van der Waals surface area contributed by atoms with E-state index >= 15 is 0 Å². The molecule has 3 aromatic rings. The molecule has 6 heteroatoms. The van der Waals surface area contributed by atoms with E-state index in [1.165, 1.54) is 0 Å². The van der Waals surface area contributed by atoms with E-state index in [1.54, 1.807) is 6.20 Å². The normalized spacial score (nSPS) is 11.6. The standard InChI is InChI=1S/C19H16ClN5/c1-12-13(2)24-25-19(16(12)11-21)23-18(17-8-3-4-9-22-17)14-6-5-7-15(20)10-14/h3-10,18H,1-2H3,(H,23,25). The summed E-state index contributed by atoms with van der Waals surface area (Å²) in [6.45, 7) is 3.70. The molecule has 124 valence electrons. The Bertz CT molecular complexity index is 934. The van der Waals surface area contributed by atoms with Gasteiger partial charge in [0.1, 0.15) is 11.6 Å². The SMILES string of the molecule is Cc1nnc(NC(c2cccc(Cl)c2)c2ccccn2)c(C#N)c1C. The minimum atomic E-state index is -0.302. The van der Waals surface area contributed by atoms with Crippen LogP contribution in [-0.2, 0) is 0 Å². The van der Waals surface area contributed by atoms with Gasteiger partial charge < -0.3 is 5.32 Å². The Kier molecular flexibility index (Phi) is 4.92. The smallest absolute Gasteiger partial charge is 0.167 e. The number of anilines is 1. The van der Waals surface area contributed by atoms with Crippen molar-refractivity contribution in [1.82, 2.24) is 15.2 Å². The maximum atomic E-state index is 9.53. The van der Waals surface area contributed by atoms with Gasteiger partial charge in [0, 0.05) is 11.2 Å². The number of hydrogen-bond donors (Lipinski definition) is 1. The van der Waals surface area contributed by atoms with E-state index in [4.69, 9.17) is 11.6 Å². The summed E-state index contributed by atoms with van der Waals surface area (Å²) in [6, 6.07) is 15.1. The Balaban J connectivity index is 2.09. The van der Waals surface area contributed by atoms with Crippen molar-refractivity contribution in [3.8, 4) is 6.07 Å². The predicted octanol–water partition coefficient (Wildman–Crippen LogP) is 4.22. The zero-order chi connectivity index (χ0) is 17.8. The summed E-state index contributed by atoms with van der Waals surface area (Å²) >= 11 is 6.16. The number of benzene rings is 1. The minimum absolute atomic E-state index is 0.302. The third-order valence-corrected chi connectivity index (χ3v) is 4.25. The van der Waals surface area contributed by atoms with Crippen LogP contribution in [0.15, 0.2) is 48.7 Å². The molecule has 0 aliphatic heterocycles. The van der Waals surface area contributed by atoms with Crippen LogP contribution in [0.25, 0.3) is 0 Å². The van der Waals surface area contributed by atoms with Crippen LogP contribution in [0.5, 0.6) is 0 Å². The van der Waals surface area contributed by atoms with Crippen LogP contribution in [0.1, 0.15) is 34.1 Å². The largest absolute Gasteiger partial charge is 0.355 e. The van der Waals surface area contributed by atoms with Gasteiger partial charge in [-0.3, -0.25) is 4.98 Å².